The van der Waals surface area contributed by atoms with Crippen molar-refractivity contribution < 1.29 is 36.6 Å². The quantitative estimate of drug-likeness (QED) is 0.313. The Bertz CT molecular complexity index is 1360. The zero-order valence-corrected chi connectivity index (χ0v) is 23.4. The van der Waals surface area contributed by atoms with E-state index in [2.05, 4.69) is 17.2 Å². The zero-order valence-electron chi connectivity index (χ0n) is 23.4. The van der Waals surface area contributed by atoms with Crippen LogP contribution in [0.3, 0.4) is 0 Å². The van der Waals surface area contributed by atoms with Gasteiger partial charge in [0.05, 0.1) is 0 Å². The standard InChI is InChI=1S/C32H35F5N2O3/c1-3-38-28(41)39-16-4-5-19-6-8-20(9-7-19)25-18-29(2)26(14-15-30(29,42)31(33,34)32(35,36)37)24-12-10-21-17-22(40)11-13-23(21)27(24)25/h3-9,17,24-26,42H,1,10-16,18H2,2H3,(H2,38,39,41)/b5-4+/t24?,25-,26?,29+,30+/m1/s1. The lowest BCUT2D eigenvalue weighted by Gasteiger charge is -2.56. The van der Waals surface area contributed by atoms with Gasteiger partial charge in [0, 0.05) is 24.3 Å². The lowest BCUT2D eigenvalue weighted by atomic mass is 9.50. The van der Waals surface area contributed by atoms with Crippen molar-refractivity contribution in [3.05, 3.63) is 77.0 Å². The summed E-state index contributed by atoms with van der Waals surface area (Å²) < 4.78 is 71.4. The molecule has 5 rings (SSSR count). The number of nitrogens with one attached hydrogen (secondary N) is 2. The average molecular weight is 591 g/mol. The normalized spacial score (nSPS) is 31.3. The maximum Gasteiger partial charge on any atom is 0.456 e. The third-order valence-electron chi connectivity index (χ3n) is 10.0. The minimum atomic E-state index is -5.88. The Hall–Kier alpha value is -3.27. The van der Waals surface area contributed by atoms with Crippen molar-refractivity contribution in [1.82, 2.24) is 10.6 Å². The first-order chi connectivity index (χ1) is 19.7. The molecule has 0 saturated heterocycles. The highest BCUT2D eigenvalue weighted by molar-refractivity contribution is 5.93. The van der Waals surface area contributed by atoms with Crippen molar-refractivity contribution in [2.75, 3.05) is 6.54 Å². The Morgan fingerprint density at radius 3 is 2.50 bits per heavy atom. The minimum Gasteiger partial charge on any atom is -0.383 e. The second-order valence-corrected chi connectivity index (χ2v) is 12.1. The number of benzene rings is 1. The van der Waals surface area contributed by atoms with E-state index in [0.29, 0.717) is 25.7 Å². The van der Waals surface area contributed by atoms with Gasteiger partial charge >= 0.3 is 18.1 Å². The van der Waals surface area contributed by atoms with Crippen LogP contribution in [-0.4, -0.2) is 41.2 Å². The third kappa shape index (κ3) is 4.81. The monoisotopic (exact) mass is 590 g/mol. The van der Waals surface area contributed by atoms with Crippen LogP contribution in [0.4, 0.5) is 26.7 Å². The number of aliphatic hydroxyl groups is 1. The summed E-state index contributed by atoms with van der Waals surface area (Å²) in [5, 5.41) is 16.4. The van der Waals surface area contributed by atoms with Crippen LogP contribution in [-0.2, 0) is 4.79 Å². The summed E-state index contributed by atoms with van der Waals surface area (Å²) >= 11 is 0. The highest BCUT2D eigenvalue weighted by atomic mass is 19.4. The Balaban J connectivity index is 1.53. The fraction of sp³-hybridized carbons (Fsp3) is 0.500. The topological polar surface area (TPSA) is 78.4 Å². The number of hydrogen-bond donors (Lipinski definition) is 3. The van der Waals surface area contributed by atoms with E-state index < -0.39 is 47.4 Å². The first-order valence-corrected chi connectivity index (χ1v) is 14.3. The van der Waals surface area contributed by atoms with Crippen LogP contribution in [0.1, 0.15) is 68.9 Å². The molecule has 2 saturated carbocycles. The van der Waals surface area contributed by atoms with Crippen molar-refractivity contribution in [3.8, 4) is 0 Å². The molecule has 0 aliphatic heterocycles. The van der Waals surface area contributed by atoms with Gasteiger partial charge in [-0.25, -0.2) is 4.79 Å². The Labute approximate surface area is 241 Å². The van der Waals surface area contributed by atoms with Crippen molar-refractivity contribution in [3.63, 3.8) is 0 Å². The minimum absolute atomic E-state index is 0.0395. The van der Waals surface area contributed by atoms with Crippen LogP contribution in [0.15, 0.2) is 65.9 Å². The zero-order chi connectivity index (χ0) is 30.5. The molecule has 1 aromatic rings. The Morgan fingerprint density at radius 1 is 1.12 bits per heavy atom. The number of fused-ring (bicyclic) bond motifs is 4. The predicted octanol–water partition coefficient (Wildman–Crippen LogP) is 6.97. The number of carbonyl (C=O) groups excluding carboxylic acids is 2. The van der Waals surface area contributed by atoms with E-state index in [-0.39, 0.29) is 31.1 Å². The summed E-state index contributed by atoms with van der Waals surface area (Å²) in [7, 11) is 0. The van der Waals surface area contributed by atoms with Crippen molar-refractivity contribution >= 4 is 17.9 Å². The van der Waals surface area contributed by atoms with Crippen LogP contribution < -0.4 is 10.6 Å². The van der Waals surface area contributed by atoms with Gasteiger partial charge in [0.25, 0.3) is 0 Å². The molecule has 3 N–H and O–H groups in total. The van der Waals surface area contributed by atoms with Crippen LogP contribution in [0.5, 0.6) is 0 Å². The second-order valence-electron chi connectivity index (χ2n) is 12.1. The molecule has 0 aromatic heterocycles. The van der Waals surface area contributed by atoms with Crippen LogP contribution in [0, 0.1) is 17.3 Å². The number of carbonyl (C=O) groups is 2. The molecule has 0 radical (unpaired) electrons. The van der Waals surface area contributed by atoms with E-state index >= 15 is 8.78 Å². The highest BCUT2D eigenvalue weighted by Crippen LogP contribution is 2.70. The average Bonchev–Trinajstić information content (AvgIpc) is 3.21. The maximum atomic E-state index is 15.1. The summed E-state index contributed by atoms with van der Waals surface area (Å²) in [6.45, 7) is 5.10. The fourth-order valence-corrected chi connectivity index (χ4v) is 8.04. The fourth-order valence-electron chi connectivity index (χ4n) is 8.04. The molecule has 4 aliphatic carbocycles. The molecule has 10 heteroatoms. The van der Waals surface area contributed by atoms with E-state index in [9.17, 15) is 27.9 Å². The van der Waals surface area contributed by atoms with E-state index in [1.54, 1.807) is 18.2 Å². The number of halogens is 5. The second kappa shape index (κ2) is 10.8. The van der Waals surface area contributed by atoms with Crippen LogP contribution >= 0.6 is 0 Å². The maximum absolute atomic E-state index is 15.1. The molecule has 4 aliphatic rings. The van der Waals surface area contributed by atoms with Gasteiger partial charge in [-0.15, -0.1) is 0 Å². The number of alkyl halides is 5. The molecule has 226 valence electrons. The number of rotatable bonds is 6. The molecule has 0 bridgehead atoms. The van der Waals surface area contributed by atoms with Crippen molar-refractivity contribution in [2.24, 2.45) is 17.3 Å². The first-order valence-electron chi connectivity index (χ1n) is 14.3. The number of urea groups is 1. The SMILES string of the molecule is C=CNC(=O)NC/C=C/c1ccc([C@H]2C[C@@]3(C)C(CC[C@@]3(O)C(F)(F)C(F)(F)F)C3CCC4=CC(=O)CCC4=C32)cc1. The molecule has 0 spiro atoms. The highest BCUT2D eigenvalue weighted by Gasteiger charge is 2.79. The molecule has 5 nitrogen and oxygen atoms in total. The molecule has 0 heterocycles. The summed E-state index contributed by atoms with van der Waals surface area (Å²) in [5.74, 6) is -6.51. The summed E-state index contributed by atoms with van der Waals surface area (Å²) in [4.78, 5) is 23.7. The predicted molar refractivity (Wildman–Crippen MR) is 148 cm³/mol. The molecule has 1 aromatic carbocycles. The summed E-state index contributed by atoms with van der Waals surface area (Å²) in [6.07, 6.45) is 1.93. The van der Waals surface area contributed by atoms with Gasteiger partial charge in [-0.05, 0) is 84.9 Å². The lowest BCUT2D eigenvalue weighted by Crippen LogP contribution is -2.65. The molecule has 42 heavy (non-hydrogen) atoms. The Kier molecular flexibility index (Phi) is 7.75. The van der Waals surface area contributed by atoms with Gasteiger partial charge in [0.2, 0.25) is 0 Å². The number of amides is 2. The van der Waals surface area contributed by atoms with Crippen molar-refractivity contribution in [1.29, 1.82) is 0 Å². The van der Waals surface area contributed by atoms with Crippen molar-refractivity contribution in [2.45, 2.75) is 75.5 Å². The third-order valence-corrected chi connectivity index (χ3v) is 10.0. The molecule has 2 amide bonds. The number of hydrogen-bond acceptors (Lipinski definition) is 3. The Morgan fingerprint density at radius 2 is 1.83 bits per heavy atom. The molecular weight excluding hydrogens is 555 g/mol. The summed E-state index contributed by atoms with van der Waals surface area (Å²) in [5.41, 5.74) is -0.339. The lowest BCUT2D eigenvalue weighted by molar-refractivity contribution is -0.362. The van der Waals surface area contributed by atoms with Crippen LogP contribution in [0.25, 0.3) is 6.08 Å². The van der Waals surface area contributed by atoms with Gasteiger partial charge in [0.1, 0.15) is 5.60 Å². The van der Waals surface area contributed by atoms with Gasteiger partial charge in [-0.1, -0.05) is 55.5 Å². The van der Waals surface area contributed by atoms with Gasteiger partial charge in [-0.3, -0.25) is 4.79 Å². The molecular formula is C32H35F5N2O3. The van der Waals surface area contributed by atoms with E-state index in [1.165, 1.54) is 13.1 Å². The first kappa shape index (κ1) is 30.2. The van der Waals surface area contributed by atoms with E-state index in [4.69, 9.17) is 0 Å². The molecule has 5 atom stereocenters. The largest absolute Gasteiger partial charge is 0.456 e. The van der Waals surface area contributed by atoms with Crippen LogP contribution in [0.2, 0.25) is 0 Å². The molecule has 2 fully saturated rings. The number of allylic oxidation sites excluding steroid dienone is 4. The van der Waals surface area contributed by atoms with E-state index in [0.717, 1.165) is 27.8 Å². The van der Waals surface area contributed by atoms with Gasteiger partial charge < -0.3 is 15.7 Å². The smallest absolute Gasteiger partial charge is 0.383 e. The number of ketones is 1. The van der Waals surface area contributed by atoms with Gasteiger partial charge in [0.15, 0.2) is 5.78 Å². The van der Waals surface area contributed by atoms with E-state index in [1.807, 2.05) is 24.3 Å². The molecule has 2 unspecified atom stereocenters. The van der Waals surface area contributed by atoms with Gasteiger partial charge in [-0.2, -0.15) is 22.0 Å². The summed E-state index contributed by atoms with van der Waals surface area (Å²) in [6, 6.07) is 6.96.